The van der Waals surface area contributed by atoms with E-state index < -0.39 is 0 Å². The zero-order valence-electron chi connectivity index (χ0n) is 19.9. The van der Waals surface area contributed by atoms with Crippen LogP contribution in [0.3, 0.4) is 0 Å². The fourth-order valence-corrected chi connectivity index (χ4v) is 9.23. The van der Waals surface area contributed by atoms with Gasteiger partial charge in [0, 0.05) is 24.8 Å². The van der Waals surface area contributed by atoms with Crippen LogP contribution < -0.4 is 0 Å². The van der Waals surface area contributed by atoms with Crippen molar-refractivity contribution in [2.24, 2.45) is 57.2 Å². The van der Waals surface area contributed by atoms with E-state index in [0.717, 1.165) is 37.9 Å². The molecule has 10 atom stereocenters. The van der Waals surface area contributed by atoms with Gasteiger partial charge in [-0.2, -0.15) is 0 Å². The van der Waals surface area contributed by atoms with Crippen LogP contribution in [0.4, 0.5) is 0 Å². The van der Waals surface area contributed by atoms with Gasteiger partial charge >= 0.3 is 0 Å². The predicted octanol–water partition coefficient (Wildman–Crippen LogP) is 4.87. The van der Waals surface area contributed by atoms with Gasteiger partial charge < -0.3 is 5.11 Å². The fraction of sp³-hybridized carbons (Fsp3) is 0.889. The van der Waals surface area contributed by atoms with E-state index >= 15 is 0 Å². The van der Waals surface area contributed by atoms with Gasteiger partial charge in [0.25, 0.3) is 0 Å². The molecule has 0 bridgehead atoms. The van der Waals surface area contributed by atoms with E-state index in [1.807, 2.05) is 0 Å². The van der Waals surface area contributed by atoms with Crippen molar-refractivity contribution >= 4 is 17.3 Å². The zero-order chi connectivity index (χ0) is 22.1. The van der Waals surface area contributed by atoms with Gasteiger partial charge in [-0.25, -0.2) is 0 Å². The molecule has 0 saturated heterocycles. The number of aliphatic imine (C=N–C) groups is 1. The molecular weight excluding hydrogens is 386 g/mol. The Kier molecular flexibility index (Phi) is 5.27. The maximum absolute atomic E-state index is 13.3. The second-order valence-electron chi connectivity index (χ2n) is 12.5. The fourth-order valence-electron chi connectivity index (χ4n) is 9.23. The van der Waals surface area contributed by atoms with Crippen molar-refractivity contribution in [2.75, 3.05) is 6.54 Å². The van der Waals surface area contributed by atoms with Crippen LogP contribution in [0.25, 0.3) is 0 Å². The van der Waals surface area contributed by atoms with Gasteiger partial charge in [-0.15, -0.1) is 0 Å². The third-order valence-electron chi connectivity index (χ3n) is 10.9. The maximum atomic E-state index is 13.3. The highest BCUT2D eigenvalue weighted by Gasteiger charge is 2.62. The van der Waals surface area contributed by atoms with Gasteiger partial charge in [-0.3, -0.25) is 14.6 Å². The zero-order valence-corrected chi connectivity index (χ0v) is 19.9. The molecule has 172 valence electrons. The first-order valence-corrected chi connectivity index (χ1v) is 12.9. The molecule has 4 heteroatoms. The lowest BCUT2D eigenvalue weighted by Crippen LogP contribution is -2.57. The van der Waals surface area contributed by atoms with Crippen molar-refractivity contribution in [3.63, 3.8) is 0 Å². The molecule has 0 spiro atoms. The topological polar surface area (TPSA) is 66.7 Å². The van der Waals surface area contributed by atoms with E-state index in [1.54, 1.807) is 0 Å². The Hall–Kier alpha value is -1.03. The van der Waals surface area contributed by atoms with Gasteiger partial charge in [-0.1, -0.05) is 27.7 Å². The highest BCUT2D eigenvalue weighted by Crippen LogP contribution is 2.67. The van der Waals surface area contributed by atoms with Crippen molar-refractivity contribution in [3.8, 4) is 0 Å². The van der Waals surface area contributed by atoms with Crippen LogP contribution in [0.2, 0.25) is 0 Å². The van der Waals surface area contributed by atoms with Crippen LogP contribution in [0, 0.1) is 52.3 Å². The summed E-state index contributed by atoms with van der Waals surface area (Å²) in [4.78, 5) is 31.1. The molecule has 1 aliphatic heterocycles. The van der Waals surface area contributed by atoms with Crippen molar-refractivity contribution in [2.45, 2.75) is 91.6 Å². The Labute approximate surface area is 187 Å². The number of fused-ring (bicyclic) bond motifs is 5. The molecule has 0 aromatic rings. The number of hydrogen-bond donors (Lipinski definition) is 1. The summed E-state index contributed by atoms with van der Waals surface area (Å²) >= 11 is 0. The van der Waals surface area contributed by atoms with Gasteiger partial charge in [-0.05, 0) is 91.8 Å². The number of aliphatic hydroxyl groups excluding tert-OH is 1. The first-order chi connectivity index (χ1) is 14.6. The summed E-state index contributed by atoms with van der Waals surface area (Å²) in [5.41, 5.74) is 1.07. The molecule has 5 aliphatic rings. The van der Waals surface area contributed by atoms with Crippen LogP contribution in [-0.2, 0) is 9.59 Å². The minimum Gasteiger partial charge on any atom is -0.393 e. The molecule has 4 nitrogen and oxygen atoms in total. The molecule has 5 rings (SSSR count). The Bertz CT molecular complexity index is 804. The van der Waals surface area contributed by atoms with Gasteiger partial charge in [0.2, 0.25) is 0 Å². The standard InChI is InChI=1S/C27H41NO3/c1-15-11-23(28-14-15)25(31)16(2)19-5-6-20-18-13-24(30)22-12-17(29)7-9-27(22,4)21(18)8-10-26(19,20)3/h15-22,29H,5-14H2,1-4H3. The number of hydrogen-bond acceptors (Lipinski definition) is 4. The lowest BCUT2D eigenvalue weighted by molar-refractivity contribution is -0.160. The van der Waals surface area contributed by atoms with Crippen LogP contribution in [0.15, 0.2) is 4.99 Å². The Morgan fingerprint density at radius 3 is 2.48 bits per heavy atom. The predicted molar refractivity (Wildman–Crippen MR) is 122 cm³/mol. The molecule has 0 amide bonds. The molecule has 0 radical (unpaired) electrons. The largest absolute Gasteiger partial charge is 0.393 e. The number of aliphatic hydroxyl groups is 1. The van der Waals surface area contributed by atoms with Crippen molar-refractivity contribution in [3.05, 3.63) is 0 Å². The third-order valence-corrected chi connectivity index (χ3v) is 10.9. The molecule has 0 aromatic heterocycles. The number of carbonyl (C=O) groups excluding carboxylic acids is 2. The van der Waals surface area contributed by atoms with E-state index in [-0.39, 0.29) is 28.8 Å². The summed E-state index contributed by atoms with van der Waals surface area (Å²) in [6.07, 6.45) is 8.43. The minimum atomic E-state index is -0.295. The average Bonchev–Trinajstić information content (AvgIpc) is 3.31. The molecule has 1 N–H and O–H groups in total. The molecule has 0 aromatic carbocycles. The summed E-state index contributed by atoms with van der Waals surface area (Å²) in [6.45, 7) is 9.94. The number of nitrogens with zero attached hydrogens (tertiary/aromatic N) is 1. The third kappa shape index (κ3) is 3.21. The first kappa shape index (κ1) is 21.8. The number of ketones is 2. The summed E-state index contributed by atoms with van der Waals surface area (Å²) in [7, 11) is 0. The number of carbonyl (C=O) groups is 2. The quantitative estimate of drug-likeness (QED) is 0.699. The van der Waals surface area contributed by atoms with Crippen molar-refractivity contribution in [1.29, 1.82) is 0 Å². The van der Waals surface area contributed by atoms with E-state index in [4.69, 9.17) is 0 Å². The monoisotopic (exact) mass is 427 g/mol. The summed E-state index contributed by atoms with van der Waals surface area (Å²) < 4.78 is 0. The van der Waals surface area contributed by atoms with E-state index in [9.17, 15) is 14.7 Å². The van der Waals surface area contributed by atoms with Crippen LogP contribution in [0.1, 0.15) is 85.5 Å². The highest BCUT2D eigenvalue weighted by atomic mass is 16.3. The lowest BCUT2D eigenvalue weighted by Gasteiger charge is -2.60. The highest BCUT2D eigenvalue weighted by molar-refractivity contribution is 6.41. The SMILES string of the molecule is CC1CN=C(C(=O)C(C)C2CCC3C4CC(=O)C5CC(O)CCC5(C)C4CCC23C)C1. The summed E-state index contributed by atoms with van der Waals surface area (Å²) in [5.74, 6) is 3.36. The normalized spacial score (nSPS) is 50.3. The maximum Gasteiger partial charge on any atom is 0.179 e. The van der Waals surface area contributed by atoms with Crippen molar-refractivity contribution < 1.29 is 14.7 Å². The molecule has 1 heterocycles. The first-order valence-electron chi connectivity index (χ1n) is 12.9. The summed E-state index contributed by atoms with van der Waals surface area (Å²) in [6, 6.07) is 0. The van der Waals surface area contributed by atoms with Gasteiger partial charge in [0.05, 0.1) is 11.8 Å². The van der Waals surface area contributed by atoms with E-state index in [2.05, 4.69) is 32.7 Å². The van der Waals surface area contributed by atoms with E-state index in [1.165, 1.54) is 19.3 Å². The van der Waals surface area contributed by atoms with Gasteiger partial charge in [0.15, 0.2) is 5.78 Å². The second kappa shape index (κ2) is 7.50. The van der Waals surface area contributed by atoms with Gasteiger partial charge in [0.1, 0.15) is 5.78 Å². The number of rotatable bonds is 3. The smallest absolute Gasteiger partial charge is 0.179 e. The Balaban J connectivity index is 1.38. The molecule has 10 unspecified atom stereocenters. The molecule has 4 aliphatic carbocycles. The van der Waals surface area contributed by atoms with Crippen LogP contribution in [-0.4, -0.2) is 35.0 Å². The van der Waals surface area contributed by atoms with Crippen molar-refractivity contribution in [1.82, 2.24) is 0 Å². The van der Waals surface area contributed by atoms with E-state index in [0.29, 0.717) is 54.0 Å². The molecule has 31 heavy (non-hydrogen) atoms. The van der Waals surface area contributed by atoms with Crippen LogP contribution >= 0.6 is 0 Å². The Morgan fingerprint density at radius 1 is 1.06 bits per heavy atom. The molecule has 4 saturated carbocycles. The molecular formula is C27H41NO3. The second-order valence-corrected chi connectivity index (χ2v) is 12.5. The average molecular weight is 428 g/mol. The summed E-state index contributed by atoms with van der Waals surface area (Å²) in [5, 5.41) is 10.2. The Morgan fingerprint density at radius 2 is 1.77 bits per heavy atom. The lowest BCUT2D eigenvalue weighted by atomic mass is 9.44. The molecule has 4 fully saturated rings. The number of Topliss-reactive ketones (excluding diaryl/α,β-unsaturated/α-hetero) is 2. The minimum absolute atomic E-state index is 0.0445. The van der Waals surface area contributed by atoms with Crippen LogP contribution in [0.5, 0.6) is 0 Å².